The van der Waals surface area contributed by atoms with E-state index in [2.05, 4.69) is 10.2 Å². The average molecular weight is 490 g/mol. The molecule has 1 heterocycles. The standard InChI is InChI=1S/C25H32ClN3O3S/c1-19-18-24(20(2)17-22(19)26)33(31,32)28(3)23-10-6-5-9-21(23)11-12-25(30)27-13-16-29-14-7-4-8-15-29/h5-6,9-12,17-18H,4,7-8,13-16H2,1-3H3,(H,27,30)/b12-11+. The number of nitrogens with one attached hydrogen (secondary N) is 1. The zero-order chi connectivity index (χ0) is 24.0. The van der Waals surface area contributed by atoms with Crippen LogP contribution in [0.15, 0.2) is 47.4 Å². The fourth-order valence-electron chi connectivity index (χ4n) is 3.97. The second-order valence-electron chi connectivity index (χ2n) is 8.42. The van der Waals surface area contributed by atoms with Crippen LogP contribution < -0.4 is 9.62 Å². The van der Waals surface area contributed by atoms with Gasteiger partial charge in [0, 0.05) is 31.2 Å². The normalized spacial score (nSPS) is 15.0. The minimum absolute atomic E-state index is 0.198. The molecule has 0 spiro atoms. The Bertz CT molecular complexity index is 1130. The summed E-state index contributed by atoms with van der Waals surface area (Å²) >= 11 is 6.15. The number of halogens is 1. The molecule has 1 N–H and O–H groups in total. The van der Waals surface area contributed by atoms with E-state index in [1.165, 1.54) is 36.7 Å². The SMILES string of the molecule is Cc1cc(S(=O)(=O)N(C)c2ccccc2/C=C/C(=O)NCCN2CCCCC2)c(C)cc1Cl. The minimum Gasteiger partial charge on any atom is -0.351 e. The van der Waals surface area contributed by atoms with Crippen molar-refractivity contribution in [1.29, 1.82) is 0 Å². The molecule has 0 radical (unpaired) electrons. The summed E-state index contributed by atoms with van der Waals surface area (Å²) in [5.41, 5.74) is 2.40. The molecular formula is C25H32ClN3O3S. The van der Waals surface area contributed by atoms with E-state index >= 15 is 0 Å². The number of anilines is 1. The summed E-state index contributed by atoms with van der Waals surface area (Å²) in [5.74, 6) is -0.198. The van der Waals surface area contributed by atoms with E-state index in [-0.39, 0.29) is 10.8 Å². The number of sulfonamides is 1. The van der Waals surface area contributed by atoms with Crippen LogP contribution in [0.25, 0.3) is 6.08 Å². The Kier molecular flexibility index (Phi) is 8.57. The zero-order valence-corrected chi connectivity index (χ0v) is 21.0. The van der Waals surface area contributed by atoms with Gasteiger partial charge in [0.15, 0.2) is 0 Å². The zero-order valence-electron chi connectivity index (χ0n) is 19.5. The van der Waals surface area contributed by atoms with Crippen LogP contribution in [0.5, 0.6) is 0 Å². The van der Waals surface area contributed by atoms with Crippen molar-refractivity contribution in [2.24, 2.45) is 0 Å². The van der Waals surface area contributed by atoms with Crippen molar-refractivity contribution in [2.75, 3.05) is 37.5 Å². The van der Waals surface area contributed by atoms with Crippen LogP contribution in [-0.4, -0.2) is 52.5 Å². The van der Waals surface area contributed by atoms with Crippen molar-refractivity contribution in [3.63, 3.8) is 0 Å². The van der Waals surface area contributed by atoms with Gasteiger partial charge in [-0.2, -0.15) is 0 Å². The van der Waals surface area contributed by atoms with Gasteiger partial charge in [-0.15, -0.1) is 0 Å². The van der Waals surface area contributed by atoms with Crippen LogP contribution >= 0.6 is 11.6 Å². The Morgan fingerprint density at radius 1 is 1.12 bits per heavy atom. The van der Waals surface area contributed by atoms with Gasteiger partial charge in [0.1, 0.15) is 0 Å². The lowest BCUT2D eigenvalue weighted by atomic mass is 10.1. The number of hydrogen-bond acceptors (Lipinski definition) is 4. The van der Waals surface area contributed by atoms with E-state index in [1.807, 2.05) is 6.07 Å². The van der Waals surface area contributed by atoms with Crippen molar-refractivity contribution in [1.82, 2.24) is 10.2 Å². The highest BCUT2D eigenvalue weighted by molar-refractivity contribution is 7.92. The monoisotopic (exact) mass is 489 g/mol. The first-order chi connectivity index (χ1) is 15.7. The van der Waals surface area contributed by atoms with Gasteiger partial charge in [-0.3, -0.25) is 9.10 Å². The Labute approximate surface area is 202 Å². The van der Waals surface area contributed by atoms with Crippen molar-refractivity contribution < 1.29 is 13.2 Å². The van der Waals surface area contributed by atoms with Gasteiger partial charge < -0.3 is 10.2 Å². The molecule has 0 aromatic heterocycles. The van der Waals surface area contributed by atoms with Gasteiger partial charge in [0.05, 0.1) is 10.6 Å². The third-order valence-corrected chi connectivity index (χ3v) is 8.28. The first kappa shape index (κ1) is 25.3. The van der Waals surface area contributed by atoms with Crippen molar-refractivity contribution >= 4 is 39.3 Å². The van der Waals surface area contributed by atoms with Crippen molar-refractivity contribution in [2.45, 2.75) is 38.0 Å². The van der Waals surface area contributed by atoms with Gasteiger partial charge in [-0.1, -0.05) is 36.2 Å². The topological polar surface area (TPSA) is 69.7 Å². The second-order valence-corrected chi connectivity index (χ2v) is 10.8. The molecule has 1 aliphatic rings. The number of aryl methyl sites for hydroxylation is 2. The first-order valence-corrected chi connectivity index (χ1v) is 13.0. The van der Waals surface area contributed by atoms with E-state index in [1.54, 1.807) is 50.3 Å². The van der Waals surface area contributed by atoms with Crippen molar-refractivity contribution in [3.05, 3.63) is 64.2 Å². The summed E-state index contributed by atoms with van der Waals surface area (Å²) in [7, 11) is -2.30. The lowest BCUT2D eigenvalue weighted by molar-refractivity contribution is -0.116. The molecular weight excluding hydrogens is 458 g/mol. The molecule has 1 fully saturated rings. The number of benzene rings is 2. The second kappa shape index (κ2) is 11.2. The molecule has 0 atom stereocenters. The lowest BCUT2D eigenvalue weighted by Crippen LogP contribution is -2.37. The van der Waals surface area contributed by atoms with Crippen LogP contribution in [0.4, 0.5) is 5.69 Å². The molecule has 0 bridgehead atoms. The number of amides is 1. The van der Waals surface area contributed by atoms with Gasteiger partial charge >= 0.3 is 0 Å². The molecule has 0 aliphatic carbocycles. The molecule has 0 unspecified atom stereocenters. The van der Waals surface area contributed by atoms with Gasteiger partial charge in [-0.05, 0) is 80.7 Å². The molecule has 6 nitrogen and oxygen atoms in total. The minimum atomic E-state index is -3.81. The maximum absolute atomic E-state index is 13.4. The van der Waals surface area contributed by atoms with Crippen molar-refractivity contribution in [3.8, 4) is 0 Å². The lowest BCUT2D eigenvalue weighted by Gasteiger charge is -2.26. The fourth-order valence-corrected chi connectivity index (χ4v) is 5.70. The Hall–Kier alpha value is -2.35. The fraction of sp³-hybridized carbons (Fsp3) is 0.400. The highest BCUT2D eigenvalue weighted by Gasteiger charge is 2.25. The summed E-state index contributed by atoms with van der Waals surface area (Å²) in [6, 6.07) is 10.4. The summed E-state index contributed by atoms with van der Waals surface area (Å²) in [6.45, 7) is 7.12. The molecule has 1 amide bonds. The number of piperidine rings is 1. The number of para-hydroxylation sites is 1. The quantitative estimate of drug-likeness (QED) is 0.558. The van der Waals surface area contributed by atoms with E-state index in [4.69, 9.17) is 11.6 Å². The largest absolute Gasteiger partial charge is 0.351 e. The van der Waals surface area contributed by atoms with E-state index in [9.17, 15) is 13.2 Å². The van der Waals surface area contributed by atoms with Crippen LogP contribution in [0.2, 0.25) is 5.02 Å². The number of carbonyl (C=O) groups is 1. The Morgan fingerprint density at radius 2 is 1.82 bits per heavy atom. The maximum atomic E-state index is 13.4. The van der Waals surface area contributed by atoms with Crippen LogP contribution in [0, 0.1) is 13.8 Å². The molecule has 0 saturated carbocycles. The highest BCUT2D eigenvalue weighted by atomic mass is 35.5. The molecule has 1 saturated heterocycles. The summed E-state index contributed by atoms with van der Waals surface area (Å²) in [5, 5.41) is 3.44. The summed E-state index contributed by atoms with van der Waals surface area (Å²) in [6.07, 6.45) is 6.82. The number of nitrogens with zero attached hydrogens (tertiary/aromatic N) is 2. The average Bonchev–Trinajstić information content (AvgIpc) is 2.80. The van der Waals surface area contributed by atoms with Crippen LogP contribution in [-0.2, 0) is 14.8 Å². The smallest absolute Gasteiger partial charge is 0.264 e. The van der Waals surface area contributed by atoms with E-state index in [0.717, 1.165) is 19.6 Å². The number of rotatable bonds is 8. The summed E-state index contributed by atoms with van der Waals surface area (Å²) in [4.78, 5) is 14.9. The maximum Gasteiger partial charge on any atom is 0.264 e. The predicted octanol–water partition coefficient (Wildman–Crippen LogP) is 4.40. The third kappa shape index (κ3) is 6.37. The molecule has 33 heavy (non-hydrogen) atoms. The predicted molar refractivity (Wildman–Crippen MR) is 135 cm³/mol. The Balaban J connectivity index is 1.72. The summed E-state index contributed by atoms with van der Waals surface area (Å²) < 4.78 is 28.0. The first-order valence-electron chi connectivity index (χ1n) is 11.2. The molecule has 8 heteroatoms. The third-order valence-electron chi connectivity index (χ3n) is 5.96. The van der Waals surface area contributed by atoms with E-state index < -0.39 is 10.0 Å². The molecule has 2 aromatic rings. The van der Waals surface area contributed by atoms with Crippen LogP contribution in [0.1, 0.15) is 36.0 Å². The number of carbonyl (C=O) groups excluding carboxylic acids is 1. The van der Waals surface area contributed by atoms with Crippen LogP contribution in [0.3, 0.4) is 0 Å². The molecule has 3 rings (SSSR count). The highest BCUT2D eigenvalue weighted by Crippen LogP contribution is 2.30. The molecule has 178 valence electrons. The molecule has 1 aliphatic heterocycles. The number of hydrogen-bond donors (Lipinski definition) is 1. The Morgan fingerprint density at radius 3 is 2.55 bits per heavy atom. The van der Waals surface area contributed by atoms with Gasteiger partial charge in [-0.25, -0.2) is 8.42 Å². The van der Waals surface area contributed by atoms with Gasteiger partial charge in [0.25, 0.3) is 10.0 Å². The molecule has 2 aromatic carbocycles. The van der Waals surface area contributed by atoms with E-state index in [0.29, 0.717) is 33.9 Å². The number of likely N-dealkylation sites (tertiary alicyclic amines) is 1. The van der Waals surface area contributed by atoms with Gasteiger partial charge in [0.2, 0.25) is 5.91 Å².